The van der Waals surface area contributed by atoms with Gasteiger partial charge in [0.1, 0.15) is 0 Å². The Balaban J connectivity index is 1.90. The summed E-state index contributed by atoms with van der Waals surface area (Å²) in [5, 5.41) is 3.32. The molecule has 0 aliphatic carbocycles. The van der Waals surface area contributed by atoms with Crippen LogP contribution in [-0.4, -0.2) is 29.2 Å². The summed E-state index contributed by atoms with van der Waals surface area (Å²) in [7, 11) is 0. The number of hydrogen-bond donors (Lipinski definition) is 1. The first kappa shape index (κ1) is 9.40. The second-order valence-corrected chi connectivity index (χ2v) is 3.46. The van der Waals surface area contributed by atoms with Gasteiger partial charge < -0.3 is 10.1 Å². The lowest BCUT2D eigenvalue weighted by Gasteiger charge is -2.14. The highest BCUT2D eigenvalue weighted by atomic mass is 16.5. The molecule has 0 radical (unpaired) electrons. The maximum atomic E-state index is 5.38. The van der Waals surface area contributed by atoms with Gasteiger partial charge in [0.2, 0.25) is 5.95 Å². The van der Waals surface area contributed by atoms with Crippen LogP contribution in [0.2, 0.25) is 0 Å². The normalized spacial score (nSPS) is 22.7. The Kier molecular flexibility index (Phi) is 3.29. The summed E-state index contributed by atoms with van der Waals surface area (Å²) in [6, 6.07) is 2.28. The van der Waals surface area contributed by atoms with E-state index in [0.717, 1.165) is 38.4 Å². The number of aromatic nitrogens is 2. The van der Waals surface area contributed by atoms with Crippen molar-refractivity contribution in [2.45, 2.75) is 25.3 Å². The Bertz CT molecular complexity index is 257. The van der Waals surface area contributed by atoms with Crippen molar-refractivity contribution in [3.63, 3.8) is 0 Å². The van der Waals surface area contributed by atoms with Gasteiger partial charge in [-0.2, -0.15) is 0 Å². The van der Waals surface area contributed by atoms with Crippen LogP contribution in [0.15, 0.2) is 18.5 Å². The van der Waals surface area contributed by atoms with Crippen molar-refractivity contribution in [1.29, 1.82) is 0 Å². The molecule has 0 spiro atoms. The maximum Gasteiger partial charge on any atom is 0.222 e. The smallest absolute Gasteiger partial charge is 0.222 e. The van der Waals surface area contributed by atoms with Crippen molar-refractivity contribution in [2.75, 3.05) is 18.5 Å². The molecule has 1 saturated heterocycles. The summed E-state index contributed by atoms with van der Waals surface area (Å²) >= 11 is 0. The predicted molar refractivity (Wildman–Crippen MR) is 54.1 cm³/mol. The molecular formula is C10H15N3O. The molecule has 1 fully saturated rings. The molecule has 2 heterocycles. The van der Waals surface area contributed by atoms with Crippen molar-refractivity contribution >= 4 is 5.95 Å². The number of rotatable bonds is 2. The number of ether oxygens (including phenoxy) is 1. The third-order valence-electron chi connectivity index (χ3n) is 2.35. The summed E-state index contributed by atoms with van der Waals surface area (Å²) in [4.78, 5) is 8.28. The van der Waals surface area contributed by atoms with Crippen molar-refractivity contribution in [1.82, 2.24) is 9.97 Å². The first-order valence-electron chi connectivity index (χ1n) is 5.06. The molecule has 1 unspecified atom stereocenters. The van der Waals surface area contributed by atoms with E-state index < -0.39 is 0 Å². The zero-order valence-electron chi connectivity index (χ0n) is 8.15. The number of hydrogen-bond acceptors (Lipinski definition) is 4. The Morgan fingerprint density at radius 2 is 2.07 bits per heavy atom. The average molecular weight is 193 g/mol. The minimum atomic E-state index is 0.458. The monoisotopic (exact) mass is 193 g/mol. The molecule has 4 heteroatoms. The van der Waals surface area contributed by atoms with Crippen molar-refractivity contribution < 1.29 is 4.74 Å². The molecule has 1 aromatic rings. The quantitative estimate of drug-likeness (QED) is 0.772. The topological polar surface area (TPSA) is 47.0 Å². The fourth-order valence-electron chi connectivity index (χ4n) is 1.60. The predicted octanol–water partition coefficient (Wildman–Crippen LogP) is 1.46. The fraction of sp³-hybridized carbons (Fsp3) is 0.600. The van der Waals surface area contributed by atoms with E-state index in [2.05, 4.69) is 15.3 Å². The molecule has 0 amide bonds. The van der Waals surface area contributed by atoms with Crippen molar-refractivity contribution in [3.05, 3.63) is 18.5 Å². The first-order valence-corrected chi connectivity index (χ1v) is 5.06. The summed E-state index contributed by atoms with van der Waals surface area (Å²) in [5.74, 6) is 0.722. The highest BCUT2D eigenvalue weighted by Crippen LogP contribution is 2.11. The van der Waals surface area contributed by atoms with Gasteiger partial charge in [-0.3, -0.25) is 0 Å². The first-order chi connectivity index (χ1) is 6.95. The molecule has 14 heavy (non-hydrogen) atoms. The van der Waals surface area contributed by atoms with Crippen LogP contribution in [-0.2, 0) is 4.74 Å². The molecule has 1 aliphatic heterocycles. The molecule has 0 bridgehead atoms. The van der Waals surface area contributed by atoms with E-state index in [0.29, 0.717) is 6.04 Å². The van der Waals surface area contributed by atoms with Crippen LogP contribution in [0.3, 0.4) is 0 Å². The average Bonchev–Trinajstić information content (AvgIpc) is 2.48. The number of anilines is 1. The van der Waals surface area contributed by atoms with Gasteiger partial charge in [-0.1, -0.05) is 0 Å². The summed E-state index contributed by atoms with van der Waals surface area (Å²) in [6.45, 7) is 1.72. The van der Waals surface area contributed by atoms with Gasteiger partial charge in [0.15, 0.2) is 0 Å². The highest BCUT2D eigenvalue weighted by Gasteiger charge is 2.12. The lowest BCUT2D eigenvalue weighted by molar-refractivity contribution is 0.144. The third kappa shape index (κ3) is 2.67. The molecule has 1 N–H and O–H groups in total. The SMILES string of the molecule is c1cnc(NC2CCCOCC2)nc1. The molecule has 1 atom stereocenters. The van der Waals surface area contributed by atoms with Gasteiger partial charge in [0, 0.05) is 31.6 Å². The van der Waals surface area contributed by atoms with Crippen LogP contribution in [0.1, 0.15) is 19.3 Å². The zero-order chi connectivity index (χ0) is 9.64. The minimum Gasteiger partial charge on any atom is -0.381 e. The summed E-state index contributed by atoms with van der Waals surface area (Å²) < 4.78 is 5.38. The van der Waals surface area contributed by atoms with Gasteiger partial charge in [-0.05, 0) is 25.3 Å². The van der Waals surface area contributed by atoms with Crippen LogP contribution in [0.25, 0.3) is 0 Å². The van der Waals surface area contributed by atoms with Gasteiger partial charge >= 0.3 is 0 Å². The van der Waals surface area contributed by atoms with Crippen LogP contribution < -0.4 is 5.32 Å². The van der Waals surface area contributed by atoms with E-state index in [4.69, 9.17) is 4.74 Å². The lowest BCUT2D eigenvalue weighted by atomic mass is 10.1. The second-order valence-electron chi connectivity index (χ2n) is 3.46. The Labute approximate surface area is 83.7 Å². The van der Waals surface area contributed by atoms with Crippen LogP contribution in [0, 0.1) is 0 Å². The highest BCUT2D eigenvalue weighted by molar-refractivity contribution is 5.23. The minimum absolute atomic E-state index is 0.458. The van der Waals surface area contributed by atoms with E-state index in [1.807, 2.05) is 6.07 Å². The molecule has 2 rings (SSSR count). The molecule has 1 aromatic heterocycles. The molecule has 0 aromatic carbocycles. The van der Waals surface area contributed by atoms with Gasteiger partial charge in [-0.25, -0.2) is 9.97 Å². The Morgan fingerprint density at radius 3 is 2.93 bits per heavy atom. The van der Waals surface area contributed by atoms with E-state index in [1.54, 1.807) is 12.4 Å². The lowest BCUT2D eigenvalue weighted by Crippen LogP contribution is -2.20. The molecule has 76 valence electrons. The zero-order valence-corrected chi connectivity index (χ0v) is 8.15. The van der Waals surface area contributed by atoms with E-state index in [-0.39, 0.29) is 0 Å². The Morgan fingerprint density at radius 1 is 1.21 bits per heavy atom. The molecule has 0 saturated carbocycles. The van der Waals surface area contributed by atoms with Crippen molar-refractivity contribution in [2.24, 2.45) is 0 Å². The number of nitrogens with one attached hydrogen (secondary N) is 1. The Hall–Kier alpha value is -1.16. The fourth-order valence-corrected chi connectivity index (χ4v) is 1.60. The van der Waals surface area contributed by atoms with E-state index in [1.165, 1.54) is 0 Å². The summed E-state index contributed by atoms with van der Waals surface area (Å²) in [6.07, 6.45) is 6.80. The van der Waals surface area contributed by atoms with E-state index in [9.17, 15) is 0 Å². The number of nitrogens with zero attached hydrogens (tertiary/aromatic N) is 2. The van der Waals surface area contributed by atoms with Crippen LogP contribution >= 0.6 is 0 Å². The van der Waals surface area contributed by atoms with Crippen molar-refractivity contribution in [3.8, 4) is 0 Å². The van der Waals surface area contributed by atoms with Gasteiger partial charge in [0.05, 0.1) is 0 Å². The van der Waals surface area contributed by atoms with E-state index >= 15 is 0 Å². The van der Waals surface area contributed by atoms with Gasteiger partial charge in [0.25, 0.3) is 0 Å². The second kappa shape index (κ2) is 4.91. The van der Waals surface area contributed by atoms with Crippen LogP contribution in [0.5, 0.6) is 0 Å². The summed E-state index contributed by atoms with van der Waals surface area (Å²) in [5.41, 5.74) is 0. The largest absolute Gasteiger partial charge is 0.381 e. The molecule has 4 nitrogen and oxygen atoms in total. The molecule has 1 aliphatic rings. The van der Waals surface area contributed by atoms with Crippen LogP contribution in [0.4, 0.5) is 5.95 Å². The standard InChI is InChI=1S/C10H15N3O/c1-3-9(4-8-14-7-1)13-10-11-5-2-6-12-10/h2,5-6,9H,1,3-4,7-8H2,(H,11,12,13). The maximum absolute atomic E-state index is 5.38. The third-order valence-corrected chi connectivity index (χ3v) is 2.35. The van der Waals surface area contributed by atoms with Gasteiger partial charge in [-0.15, -0.1) is 0 Å². The molecular weight excluding hydrogens is 178 g/mol.